The number of ether oxygens (including phenoxy) is 4. The maximum absolute atomic E-state index is 12.2. The van der Waals surface area contributed by atoms with Crippen molar-refractivity contribution in [1.82, 2.24) is 9.97 Å². The largest absolute Gasteiger partial charge is 0.497 e. The number of hydrogen-bond acceptors (Lipinski definition) is 10. The molecule has 176 valence electrons. The number of esters is 1. The number of fused-ring (bicyclic) bond motifs is 1. The molecule has 2 N–H and O–H groups in total. The van der Waals surface area contributed by atoms with Crippen molar-refractivity contribution in [3.05, 3.63) is 41.7 Å². The average Bonchev–Trinajstić information content (AvgIpc) is 3.25. The highest BCUT2D eigenvalue weighted by atomic mass is 16.6. The van der Waals surface area contributed by atoms with E-state index >= 15 is 0 Å². The van der Waals surface area contributed by atoms with E-state index in [2.05, 4.69) is 15.3 Å². The lowest BCUT2D eigenvalue weighted by Crippen LogP contribution is -2.43. The quantitative estimate of drug-likeness (QED) is 0.488. The lowest BCUT2D eigenvalue weighted by molar-refractivity contribution is -0.172. The SMILES string of the molecule is CCOC(=O)C1CC(O)(c2cncc3nc(NCc4ccc(OC)cc4OC)oc23)CCO1. The Balaban J connectivity index is 1.57. The van der Waals surface area contributed by atoms with Crippen LogP contribution in [0.25, 0.3) is 11.1 Å². The van der Waals surface area contributed by atoms with Gasteiger partial charge >= 0.3 is 5.97 Å². The third-order valence-electron chi connectivity index (χ3n) is 5.63. The highest BCUT2D eigenvalue weighted by molar-refractivity contribution is 5.79. The summed E-state index contributed by atoms with van der Waals surface area (Å²) in [6, 6.07) is 5.80. The van der Waals surface area contributed by atoms with Gasteiger partial charge in [0, 0.05) is 42.8 Å². The van der Waals surface area contributed by atoms with Crippen LogP contribution in [0.15, 0.2) is 35.0 Å². The van der Waals surface area contributed by atoms with Gasteiger partial charge in [0.15, 0.2) is 11.7 Å². The van der Waals surface area contributed by atoms with E-state index in [1.807, 2.05) is 12.1 Å². The van der Waals surface area contributed by atoms with Crippen molar-refractivity contribution in [3.63, 3.8) is 0 Å². The zero-order chi connectivity index (χ0) is 23.4. The summed E-state index contributed by atoms with van der Waals surface area (Å²) in [5.41, 5.74) is 0.878. The maximum atomic E-state index is 12.2. The minimum atomic E-state index is -1.36. The Bertz CT molecular complexity index is 1130. The van der Waals surface area contributed by atoms with Crippen LogP contribution in [0.5, 0.6) is 11.5 Å². The number of benzene rings is 1. The van der Waals surface area contributed by atoms with E-state index in [-0.39, 0.29) is 32.1 Å². The van der Waals surface area contributed by atoms with Gasteiger partial charge in [-0.3, -0.25) is 4.98 Å². The van der Waals surface area contributed by atoms with Gasteiger partial charge in [-0.05, 0) is 19.1 Å². The molecule has 0 spiro atoms. The van der Waals surface area contributed by atoms with Crippen molar-refractivity contribution in [3.8, 4) is 11.5 Å². The van der Waals surface area contributed by atoms with Crippen LogP contribution >= 0.6 is 0 Å². The van der Waals surface area contributed by atoms with Crippen LogP contribution in [-0.2, 0) is 26.4 Å². The van der Waals surface area contributed by atoms with Gasteiger partial charge in [-0.25, -0.2) is 4.79 Å². The van der Waals surface area contributed by atoms with Crippen molar-refractivity contribution in [2.24, 2.45) is 0 Å². The molecule has 0 bridgehead atoms. The summed E-state index contributed by atoms with van der Waals surface area (Å²) in [6.07, 6.45) is 2.57. The summed E-state index contributed by atoms with van der Waals surface area (Å²) in [7, 11) is 3.19. The number of hydrogen-bond donors (Lipinski definition) is 2. The molecule has 3 heterocycles. The van der Waals surface area contributed by atoms with E-state index < -0.39 is 17.7 Å². The van der Waals surface area contributed by atoms with Gasteiger partial charge in [-0.1, -0.05) is 0 Å². The molecular weight excluding hydrogens is 430 g/mol. The first kappa shape index (κ1) is 22.8. The Morgan fingerprint density at radius 3 is 2.91 bits per heavy atom. The number of carbonyl (C=O) groups is 1. The molecule has 2 atom stereocenters. The van der Waals surface area contributed by atoms with E-state index in [1.165, 1.54) is 6.20 Å². The fourth-order valence-electron chi connectivity index (χ4n) is 3.90. The number of methoxy groups -OCH3 is 2. The number of aliphatic hydroxyl groups is 1. The Labute approximate surface area is 190 Å². The second-order valence-electron chi connectivity index (χ2n) is 7.68. The summed E-state index contributed by atoms with van der Waals surface area (Å²) < 4.78 is 27.2. The van der Waals surface area contributed by atoms with Crippen LogP contribution in [0.2, 0.25) is 0 Å². The number of pyridine rings is 1. The summed E-state index contributed by atoms with van der Waals surface area (Å²) in [6.45, 7) is 2.56. The monoisotopic (exact) mass is 457 g/mol. The third kappa shape index (κ3) is 4.71. The summed E-state index contributed by atoms with van der Waals surface area (Å²) >= 11 is 0. The molecule has 10 heteroatoms. The van der Waals surface area contributed by atoms with Crippen molar-refractivity contribution >= 4 is 23.1 Å². The average molecular weight is 457 g/mol. The number of rotatable bonds is 8. The lowest BCUT2D eigenvalue weighted by atomic mass is 9.84. The van der Waals surface area contributed by atoms with E-state index in [0.717, 1.165) is 5.56 Å². The normalized spacial score (nSPS) is 20.4. The molecular formula is C23H27N3O7. The first-order valence-electron chi connectivity index (χ1n) is 10.7. The minimum Gasteiger partial charge on any atom is -0.497 e. The van der Waals surface area contributed by atoms with Gasteiger partial charge in [0.25, 0.3) is 6.01 Å². The molecule has 0 radical (unpaired) electrons. The molecule has 1 saturated heterocycles. The number of nitrogens with zero attached hydrogens (tertiary/aromatic N) is 2. The fraction of sp³-hybridized carbons (Fsp3) is 0.435. The number of nitrogens with one attached hydrogen (secondary N) is 1. The molecule has 10 nitrogen and oxygen atoms in total. The Morgan fingerprint density at radius 2 is 2.15 bits per heavy atom. The van der Waals surface area contributed by atoms with E-state index in [4.69, 9.17) is 23.4 Å². The van der Waals surface area contributed by atoms with Crippen LogP contribution in [0.1, 0.15) is 30.9 Å². The molecule has 33 heavy (non-hydrogen) atoms. The van der Waals surface area contributed by atoms with Crippen molar-refractivity contribution in [1.29, 1.82) is 0 Å². The van der Waals surface area contributed by atoms with Crippen LogP contribution < -0.4 is 14.8 Å². The fourth-order valence-corrected chi connectivity index (χ4v) is 3.90. The Morgan fingerprint density at radius 1 is 1.30 bits per heavy atom. The second-order valence-corrected chi connectivity index (χ2v) is 7.68. The first-order valence-corrected chi connectivity index (χ1v) is 10.7. The minimum absolute atomic E-state index is 0.0408. The van der Waals surface area contributed by atoms with Gasteiger partial charge in [-0.2, -0.15) is 4.98 Å². The van der Waals surface area contributed by atoms with Crippen LogP contribution in [0.3, 0.4) is 0 Å². The van der Waals surface area contributed by atoms with Gasteiger partial charge in [0.05, 0.1) is 33.6 Å². The highest BCUT2D eigenvalue weighted by Gasteiger charge is 2.42. The smallest absolute Gasteiger partial charge is 0.335 e. The lowest BCUT2D eigenvalue weighted by Gasteiger charge is -2.35. The molecule has 1 aliphatic heterocycles. The van der Waals surface area contributed by atoms with Crippen molar-refractivity contribution in [2.45, 2.75) is 38.0 Å². The van der Waals surface area contributed by atoms with Gasteiger partial charge in [0.1, 0.15) is 22.6 Å². The molecule has 0 saturated carbocycles. The summed E-state index contributed by atoms with van der Waals surface area (Å²) in [4.78, 5) is 20.8. The van der Waals surface area contributed by atoms with Crippen LogP contribution in [-0.4, -0.2) is 54.6 Å². The van der Waals surface area contributed by atoms with E-state index in [0.29, 0.717) is 34.7 Å². The molecule has 1 aromatic carbocycles. The molecule has 1 aliphatic rings. The van der Waals surface area contributed by atoms with Crippen LogP contribution in [0, 0.1) is 0 Å². The Hall–Kier alpha value is -3.37. The number of anilines is 1. The summed E-state index contributed by atoms with van der Waals surface area (Å²) in [5.74, 6) is 0.866. The molecule has 1 fully saturated rings. The standard InChI is InChI=1S/C23H27N3O7/c1-4-31-21(27)19-10-23(28,7-8-32-19)16-12-24-13-17-20(16)33-22(26-17)25-11-14-5-6-15(29-2)9-18(14)30-3/h5-6,9,12-13,19,28H,4,7-8,10-11H2,1-3H3,(H,25,26). The summed E-state index contributed by atoms with van der Waals surface area (Å²) in [5, 5.41) is 14.5. The number of oxazole rings is 1. The zero-order valence-electron chi connectivity index (χ0n) is 18.8. The number of carbonyl (C=O) groups excluding carboxylic acids is 1. The molecule has 2 unspecified atom stereocenters. The van der Waals surface area contributed by atoms with Gasteiger partial charge < -0.3 is 33.8 Å². The predicted octanol–water partition coefficient (Wildman–Crippen LogP) is 2.78. The predicted molar refractivity (Wildman–Crippen MR) is 118 cm³/mol. The van der Waals surface area contributed by atoms with Gasteiger partial charge in [0.2, 0.25) is 0 Å². The van der Waals surface area contributed by atoms with Crippen molar-refractivity contribution < 1.29 is 33.3 Å². The van der Waals surface area contributed by atoms with Gasteiger partial charge in [-0.15, -0.1) is 0 Å². The zero-order valence-corrected chi connectivity index (χ0v) is 18.8. The molecule has 4 rings (SSSR count). The van der Waals surface area contributed by atoms with Crippen LogP contribution in [0.4, 0.5) is 6.01 Å². The molecule has 3 aromatic rings. The van der Waals surface area contributed by atoms with E-state index in [1.54, 1.807) is 33.4 Å². The Kier molecular flexibility index (Phi) is 6.66. The molecule has 0 amide bonds. The number of aromatic nitrogens is 2. The topological polar surface area (TPSA) is 125 Å². The van der Waals surface area contributed by atoms with E-state index in [9.17, 15) is 9.90 Å². The molecule has 0 aliphatic carbocycles. The first-order chi connectivity index (χ1) is 16.0. The third-order valence-corrected chi connectivity index (χ3v) is 5.63. The highest BCUT2D eigenvalue weighted by Crippen LogP contribution is 2.39. The van der Waals surface area contributed by atoms with Crippen molar-refractivity contribution in [2.75, 3.05) is 32.8 Å². The maximum Gasteiger partial charge on any atom is 0.335 e. The molecule has 2 aromatic heterocycles. The second kappa shape index (κ2) is 9.63.